The highest BCUT2D eigenvalue weighted by Gasteiger charge is 2.18. The summed E-state index contributed by atoms with van der Waals surface area (Å²) in [6, 6.07) is 9.35. The number of hydrogen-bond donors (Lipinski definition) is 2. The van der Waals surface area contributed by atoms with E-state index in [2.05, 4.69) is 21.0 Å². The second-order valence-corrected chi connectivity index (χ2v) is 7.15. The highest BCUT2D eigenvalue weighted by atomic mass is 35.5. The van der Waals surface area contributed by atoms with Gasteiger partial charge in [-0.2, -0.15) is 5.10 Å². The molecule has 2 aromatic carbocycles. The lowest BCUT2D eigenvalue weighted by Gasteiger charge is -2.08. The van der Waals surface area contributed by atoms with E-state index in [-0.39, 0.29) is 5.69 Å². The Morgan fingerprint density at radius 3 is 2.21 bits per heavy atom. The Bertz CT molecular complexity index is 1030. The molecule has 0 spiro atoms. The van der Waals surface area contributed by atoms with Gasteiger partial charge in [0.2, 0.25) is 0 Å². The normalized spacial score (nSPS) is 11.0. The fourth-order valence-electron chi connectivity index (χ4n) is 2.35. The van der Waals surface area contributed by atoms with E-state index in [0.717, 1.165) is 0 Å². The Morgan fingerprint density at radius 2 is 1.61 bits per heavy atom. The topological polar surface area (TPSA) is 79.5 Å². The van der Waals surface area contributed by atoms with Crippen molar-refractivity contribution in [2.24, 2.45) is 5.10 Å². The summed E-state index contributed by atoms with van der Waals surface area (Å²) in [5.41, 5.74) is 4.05. The quantitative estimate of drug-likeness (QED) is 0.350. The molecule has 0 bridgehead atoms. The van der Waals surface area contributed by atoms with Crippen LogP contribution in [0.25, 0.3) is 11.3 Å². The van der Waals surface area contributed by atoms with Gasteiger partial charge in [-0.15, -0.1) is 0 Å². The first-order valence-electron chi connectivity index (χ1n) is 7.83. The first-order chi connectivity index (χ1) is 13.4. The lowest BCUT2D eigenvalue weighted by molar-refractivity contribution is 0.252. The second kappa shape index (κ2) is 8.84. The molecule has 0 unspecified atom stereocenters. The summed E-state index contributed by atoms with van der Waals surface area (Å²) < 4.78 is 5.22. The molecule has 0 saturated carbocycles. The Morgan fingerprint density at radius 1 is 1.04 bits per heavy atom. The first-order valence-corrected chi connectivity index (χ1v) is 9.34. The molecule has 1 aromatic heterocycles. The molecule has 0 aliphatic heterocycles. The highest BCUT2D eigenvalue weighted by molar-refractivity contribution is 6.40. The standard InChI is InChI=1S/C18H12Cl4N4O2/c1-9-10(16(26-28-9)15-11(19)4-2-5-12(15)20)8-23-25-18(27)24-17-13(21)6-3-7-14(17)22/h2-8H,1H3,(H2,24,25,27)/b23-8+. The van der Waals surface area contributed by atoms with Gasteiger partial charge < -0.3 is 9.84 Å². The average Bonchev–Trinajstić information content (AvgIpc) is 2.99. The van der Waals surface area contributed by atoms with Crippen LogP contribution in [0.1, 0.15) is 11.3 Å². The van der Waals surface area contributed by atoms with Gasteiger partial charge in [-0.25, -0.2) is 10.2 Å². The van der Waals surface area contributed by atoms with Crippen LogP contribution >= 0.6 is 46.4 Å². The number of halogens is 4. The molecule has 6 nitrogen and oxygen atoms in total. The lowest BCUT2D eigenvalue weighted by Crippen LogP contribution is -2.24. The summed E-state index contributed by atoms with van der Waals surface area (Å²) in [7, 11) is 0. The van der Waals surface area contributed by atoms with Crippen LogP contribution in [-0.2, 0) is 0 Å². The fraction of sp³-hybridized carbons (Fsp3) is 0.0556. The number of para-hydroxylation sites is 1. The van der Waals surface area contributed by atoms with E-state index >= 15 is 0 Å². The Hall–Kier alpha value is -2.25. The van der Waals surface area contributed by atoms with Gasteiger partial charge in [0.1, 0.15) is 11.5 Å². The Kier molecular flexibility index (Phi) is 6.46. The van der Waals surface area contributed by atoms with Gasteiger partial charge in [-0.3, -0.25) is 0 Å². The number of aryl methyl sites for hydroxylation is 1. The van der Waals surface area contributed by atoms with Gasteiger partial charge in [0.05, 0.1) is 37.6 Å². The number of anilines is 1. The third kappa shape index (κ3) is 4.42. The summed E-state index contributed by atoms with van der Waals surface area (Å²) >= 11 is 24.5. The average molecular weight is 458 g/mol. The molecule has 144 valence electrons. The van der Waals surface area contributed by atoms with E-state index in [9.17, 15) is 4.79 Å². The number of benzene rings is 2. The predicted octanol–water partition coefficient (Wildman–Crippen LogP) is 6.42. The maximum absolute atomic E-state index is 12.1. The molecule has 1 heterocycles. The van der Waals surface area contributed by atoms with Gasteiger partial charge in [0.25, 0.3) is 0 Å². The van der Waals surface area contributed by atoms with Crippen LogP contribution < -0.4 is 10.7 Å². The molecule has 0 radical (unpaired) electrons. The zero-order chi connectivity index (χ0) is 20.3. The van der Waals surface area contributed by atoms with Gasteiger partial charge in [-0.05, 0) is 31.2 Å². The Labute approximate surface area is 180 Å². The number of amides is 2. The zero-order valence-corrected chi connectivity index (χ0v) is 17.3. The SMILES string of the molecule is Cc1onc(-c2c(Cl)cccc2Cl)c1/C=N/NC(=O)Nc1c(Cl)cccc1Cl. The maximum atomic E-state index is 12.1. The van der Waals surface area contributed by atoms with Gasteiger partial charge >= 0.3 is 6.03 Å². The van der Waals surface area contributed by atoms with Crippen molar-refractivity contribution in [2.75, 3.05) is 5.32 Å². The smallest absolute Gasteiger partial charge is 0.339 e. The van der Waals surface area contributed by atoms with Crippen LogP contribution in [0, 0.1) is 6.92 Å². The minimum absolute atomic E-state index is 0.281. The number of hydrogen-bond acceptors (Lipinski definition) is 4. The summed E-state index contributed by atoms with van der Waals surface area (Å²) in [5, 5.41) is 11.9. The molecule has 10 heteroatoms. The first kappa shape index (κ1) is 20.5. The molecular formula is C18H12Cl4N4O2. The number of nitrogens with one attached hydrogen (secondary N) is 2. The van der Waals surface area contributed by atoms with Gasteiger partial charge in [0.15, 0.2) is 0 Å². The Balaban J connectivity index is 1.79. The van der Waals surface area contributed by atoms with Gasteiger partial charge in [0, 0.05) is 5.56 Å². The number of aromatic nitrogens is 1. The number of nitrogens with zero attached hydrogens (tertiary/aromatic N) is 2. The molecule has 0 saturated heterocycles. The molecule has 0 aliphatic carbocycles. The fourth-order valence-corrected chi connectivity index (χ4v) is 3.42. The molecule has 3 aromatic rings. The van der Waals surface area contributed by atoms with Crippen molar-refractivity contribution < 1.29 is 9.32 Å². The van der Waals surface area contributed by atoms with E-state index in [0.29, 0.717) is 42.7 Å². The number of hydrazone groups is 1. The van der Waals surface area contributed by atoms with Crippen LogP contribution in [0.15, 0.2) is 46.0 Å². The van der Waals surface area contributed by atoms with Crippen LogP contribution in [0.4, 0.5) is 10.5 Å². The van der Waals surface area contributed by atoms with E-state index in [1.54, 1.807) is 43.3 Å². The summed E-state index contributed by atoms with van der Waals surface area (Å²) in [6.45, 7) is 1.70. The van der Waals surface area contributed by atoms with Gasteiger partial charge in [-0.1, -0.05) is 63.7 Å². The molecule has 3 rings (SSSR count). The lowest BCUT2D eigenvalue weighted by atomic mass is 10.1. The second-order valence-electron chi connectivity index (χ2n) is 5.52. The van der Waals surface area contributed by atoms with Crippen molar-refractivity contribution in [3.05, 3.63) is 67.8 Å². The van der Waals surface area contributed by atoms with Crippen molar-refractivity contribution in [2.45, 2.75) is 6.92 Å². The third-order valence-corrected chi connectivity index (χ3v) is 4.93. The number of carbonyl (C=O) groups excluding carboxylic acids is 1. The van der Waals surface area contributed by atoms with Crippen LogP contribution in [0.3, 0.4) is 0 Å². The molecule has 2 N–H and O–H groups in total. The molecule has 2 amide bonds. The summed E-state index contributed by atoms with van der Waals surface area (Å²) in [4.78, 5) is 12.1. The molecule has 0 fully saturated rings. The van der Waals surface area contributed by atoms with Crippen molar-refractivity contribution in [1.29, 1.82) is 0 Å². The number of rotatable bonds is 4. The molecular weight excluding hydrogens is 446 g/mol. The summed E-state index contributed by atoms with van der Waals surface area (Å²) in [6.07, 6.45) is 1.38. The van der Waals surface area contributed by atoms with Crippen molar-refractivity contribution >= 4 is 64.3 Å². The predicted molar refractivity (Wildman–Crippen MR) is 113 cm³/mol. The van der Waals surface area contributed by atoms with Crippen LogP contribution in [-0.4, -0.2) is 17.4 Å². The molecule has 28 heavy (non-hydrogen) atoms. The minimum Gasteiger partial charge on any atom is -0.360 e. The zero-order valence-electron chi connectivity index (χ0n) is 14.3. The van der Waals surface area contributed by atoms with E-state index < -0.39 is 6.03 Å². The summed E-state index contributed by atoms with van der Waals surface area (Å²) in [5.74, 6) is 0.478. The molecule has 0 aliphatic rings. The molecule has 0 atom stereocenters. The maximum Gasteiger partial charge on any atom is 0.339 e. The number of carbonyl (C=O) groups is 1. The highest BCUT2D eigenvalue weighted by Crippen LogP contribution is 2.36. The van der Waals surface area contributed by atoms with E-state index in [1.807, 2.05) is 0 Å². The van der Waals surface area contributed by atoms with Crippen molar-refractivity contribution in [1.82, 2.24) is 10.6 Å². The minimum atomic E-state index is -0.627. The third-order valence-electron chi connectivity index (χ3n) is 3.67. The van der Waals surface area contributed by atoms with Crippen molar-refractivity contribution in [3.8, 4) is 11.3 Å². The van der Waals surface area contributed by atoms with Crippen molar-refractivity contribution in [3.63, 3.8) is 0 Å². The van der Waals surface area contributed by atoms with Crippen LogP contribution in [0.5, 0.6) is 0 Å². The monoisotopic (exact) mass is 456 g/mol. The van der Waals surface area contributed by atoms with E-state index in [4.69, 9.17) is 50.9 Å². The largest absolute Gasteiger partial charge is 0.360 e. The van der Waals surface area contributed by atoms with Crippen LogP contribution in [0.2, 0.25) is 20.1 Å². The number of urea groups is 1. The van der Waals surface area contributed by atoms with E-state index in [1.165, 1.54) is 6.21 Å².